The summed E-state index contributed by atoms with van der Waals surface area (Å²) in [5, 5.41) is 3.26. The number of nitrogens with zero attached hydrogens (tertiary/aromatic N) is 1. The molecule has 2 rings (SSSR count). The van der Waals surface area contributed by atoms with Crippen molar-refractivity contribution >= 4 is 0 Å². The zero-order chi connectivity index (χ0) is 13.9. The molecule has 0 bridgehead atoms. The molecule has 1 fully saturated rings. The van der Waals surface area contributed by atoms with Gasteiger partial charge in [0.05, 0.1) is 5.56 Å². The summed E-state index contributed by atoms with van der Waals surface area (Å²) in [4.78, 5) is 2.21. The Morgan fingerprint density at radius 3 is 2.53 bits per heavy atom. The Labute approximate surface area is 110 Å². The number of nitrogens with two attached hydrogens (primary N) is 1. The van der Waals surface area contributed by atoms with Crippen molar-refractivity contribution in [1.82, 2.24) is 10.2 Å². The Balaban J connectivity index is 2.15. The van der Waals surface area contributed by atoms with Crippen LogP contribution in [0.15, 0.2) is 24.3 Å². The van der Waals surface area contributed by atoms with Gasteiger partial charge in [-0.25, -0.2) is 0 Å². The first-order valence-corrected chi connectivity index (χ1v) is 6.34. The first-order chi connectivity index (χ1) is 9.02. The summed E-state index contributed by atoms with van der Waals surface area (Å²) >= 11 is 0. The number of benzene rings is 1. The summed E-state index contributed by atoms with van der Waals surface area (Å²) in [7, 11) is 0. The topological polar surface area (TPSA) is 41.3 Å². The van der Waals surface area contributed by atoms with Crippen LogP contribution in [0.4, 0.5) is 13.2 Å². The van der Waals surface area contributed by atoms with E-state index >= 15 is 0 Å². The molecule has 0 amide bonds. The minimum atomic E-state index is -4.28. The molecule has 0 aromatic heterocycles. The number of piperazine rings is 1. The molecule has 0 spiro atoms. The van der Waals surface area contributed by atoms with Crippen LogP contribution < -0.4 is 11.1 Å². The highest BCUT2D eigenvalue weighted by atomic mass is 19.4. The number of alkyl halides is 3. The molecule has 3 N–H and O–H groups in total. The Morgan fingerprint density at radius 1 is 1.26 bits per heavy atom. The molecular weight excluding hydrogens is 255 g/mol. The Bertz CT molecular complexity index is 401. The first kappa shape index (κ1) is 14.3. The van der Waals surface area contributed by atoms with Crippen molar-refractivity contribution < 1.29 is 13.2 Å². The summed E-state index contributed by atoms with van der Waals surface area (Å²) < 4.78 is 37.6. The third-order valence-electron chi connectivity index (χ3n) is 3.39. The van der Waals surface area contributed by atoms with Gasteiger partial charge in [0.2, 0.25) is 0 Å². The molecule has 106 valence electrons. The monoisotopic (exact) mass is 273 g/mol. The summed E-state index contributed by atoms with van der Waals surface area (Å²) in [6.45, 7) is 3.80. The van der Waals surface area contributed by atoms with Gasteiger partial charge in [0, 0.05) is 38.8 Å². The molecule has 1 aliphatic rings. The van der Waals surface area contributed by atoms with E-state index in [0.29, 0.717) is 6.54 Å². The van der Waals surface area contributed by atoms with E-state index < -0.39 is 11.7 Å². The van der Waals surface area contributed by atoms with E-state index in [2.05, 4.69) is 10.2 Å². The molecule has 19 heavy (non-hydrogen) atoms. The van der Waals surface area contributed by atoms with Crippen LogP contribution in [0.1, 0.15) is 17.2 Å². The van der Waals surface area contributed by atoms with Crippen LogP contribution in [0.3, 0.4) is 0 Å². The van der Waals surface area contributed by atoms with Crippen molar-refractivity contribution in [3.05, 3.63) is 35.4 Å². The van der Waals surface area contributed by atoms with Crippen LogP contribution in [-0.4, -0.2) is 37.6 Å². The molecule has 1 aromatic rings. The number of hydrogen-bond donors (Lipinski definition) is 2. The number of nitrogens with one attached hydrogen (secondary N) is 1. The van der Waals surface area contributed by atoms with Crippen LogP contribution >= 0.6 is 0 Å². The Hall–Kier alpha value is -1.11. The van der Waals surface area contributed by atoms with E-state index in [1.807, 2.05) is 0 Å². The second kappa shape index (κ2) is 5.90. The molecule has 0 aliphatic carbocycles. The molecule has 1 atom stereocenters. The van der Waals surface area contributed by atoms with Crippen molar-refractivity contribution in [2.75, 3.05) is 32.7 Å². The van der Waals surface area contributed by atoms with E-state index in [9.17, 15) is 13.2 Å². The van der Waals surface area contributed by atoms with E-state index in [1.54, 1.807) is 12.1 Å². The standard InChI is InChI=1S/C13H18F3N3/c14-13(15,16)11-3-1-10(2-4-11)12-9-18-6-8-19(12)7-5-17/h1-4,12,18H,5-9,17H2. The van der Waals surface area contributed by atoms with Gasteiger partial charge in [-0.3, -0.25) is 4.90 Å². The maximum Gasteiger partial charge on any atom is 0.416 e. The SMILES string of the molecule is NCCN1CCNCC1c1ccc(C(F)(F)F)cc1. The first-order valence-electron chi connectivity index (χ1n) is 6.34. The fourth-order valence-corrected chi connectivity index (χ4v) is 2.40. The van der Waals surface area contributed by atoms with Crippen molar-refractivity contribution in [2.45, 2.75) is 12.2 Å². The molecule has 1 heterocycles. The quantitative estimate of drug-likeness (QED) is 0.879. The zero-order valence-corrected chi connectivity index (χ0v) is 10.6. The predicted molar refractivity (Wildman–Crippen MR) is 67.7 cm³/mol. The number of hydrogen-bond acceptors (Lipinski definition) is 3. The molecule has 3 nitrogen and oxygen atoms in total. The van der Waals surface area contributed by atoms with Gasteiger partial charge in [-0.1, -0.05) is 12.1 Å². The van der Waals surface area contributed by atoms with E-state index in [-0.39, 0.29) is 6.04 Å². The van der Waals surface area contributed by atoms with Crippen molar-refractivity contribution in [3.63, 3.8) is 0 Å². The molecule has 1 saturated heterocycles. The van der Waals surface area contributed by atoms with Gasteiger partial charge in [-0.2, -0.15) is 13.2 Å². The minimum absolute atomic E-state index is 0.0968. The number of halogens is 3. The van der Waals surface area contributed by atoms with Gasteiger partial charge in [0.1, 0.15) is 0 Å². The third kappa shape index (κ3) is 3.46. The predicted octanol–water partition coefficient (Wildman–Crippen LogP) is 1.61. The van der Waals surface area contributed by atoms with E-state index in [1.165, 1.54) is 0 Å². The lowest BCUT2D eigenvalue weighted by Crippen LogP contribution is -2.47. The number of rotatable bonds is 3. The highest BCUT2D eigenvalue weighted by Crippen LogP contribution is 2.31. The lowest BCUT2D eigenvalue weighted by Gasteiger charge is -2.36. The molecule has 0 saturated carbocycles. The average Bonchev–Trinajstić information content (AvgIpc) is 2.39. The maximum absolute atomic E-state index is 12.5. The third-order valence-corrected chi connectivity index (χ3v) is 3.39. The fraction of sp³-hybridized carbons (Fsp3) is 0.538. The molecule has 1 aromatic carbocycles. The van der Waals surface area contributed by atoms with Crippen LogP contribution in [0, 0.1) is 0 Å². The van der Waals surface area contributed by atoms with E-state index in [4.69, 9.17) is 5.73 Å². The highest BCUT2D eigenvalue weighted by molar-refractivity contribution is 5.27. The lowest BCUT2D eigenvalue weighted by atomic mass is 10.0. The minimum Gasteiger partial charge on any atom is -0.329 e. The Kier molecular flexibility index (Phi) is 4.44. The van der Waals surface area contributed by atoms with Crippen LogP contribution in [-0.2, 0) is 6.18 Å². The van der Waals surface area contributed by atoms with Gasteiger partial charge in [-0.15, -0.1) is 0 Å². The van der Waals surface area contributed by atoms with Crippen molar-refractivity contribution in [2.24, 2.45) is 5.73 Å². The van der Waals surface area contributed by atoms with Crippen molar-refractivity contribution in [1.29, 1.82) is 0 Å². The molecule has 0 radical (unpaired) electrons. The summed E-state index contributed by atoms with van der Waals surface area (Å²) in [5.74, 6) is 0. The summed E-state index contributed by atoms with van der Waals surface area (Å²) in [6.07, 6.45) is -4.28. The van der Waals surface area contributed by atoms with Gasteiger partial charge in [0.15, 0.2) is 0 Å². The second-order valence-electron chi connectivity index (χ2n) is 4.66. The maximum atomic E-state index is 12.5. The van der Waals surface area contributed by atoms with Gasteiger partial charge in [0.25, 0.3) is 0 Å². The van der Waals surface area contributed by atoms with E-state index in [0.717, 1.165) is 43.9 Å². The summed E-state index contributed by atoms with van der Waals surface area (Å²) in [5.41, 5.74) is 5.86. The molecule has 1 aliphatic heterocycles. The smallest absolute Gasteiger partial charge is 0.329 e. The van der Waals surface area contributed by atoms with Crippen molar-refractivity contribution in [3.8, 4) is 0 Å². The summed E-state index contributed by atoms with van der Waals surface area (Å²) in [6, 6.07) is 5.50. The second-order valence-corrected chi connectivity index (χ2v) is 4.66. The Morgan fingerprint density at radius 2 is 1.95 bits per heavy atom. The van der Waals surface area contributed by atoms with Crippen LogP contribution in [0.5, 0.6) is 0 Å². The van der Waals surface area contributed by atoms with Gasteiger partial charge in [-0.05, 0) is 17.7 Å². The lowest BCUT2D eigenvalue weighted by molar-refractivity contribution is -0.137. The molecular formula is C13H18F3N3. The largest absolute Gasteiger partial charge is 0.416 e. The molecule has 6 heteroatoms. The average molecular weight is 273 g/mol. The highest BCUT2D eigenvalue weighted by Gasteiger charge is 2.31. The van der Waals surface area contributed by atoms with Crippen LogP contribution in [0.2, 0.25) is 0 Å². The normalized spacial score (nSPS) is 21.6. The van der Waals surface area contributed by atoms with Gasteiger partial charge >= 0.3 is 6.18 Å². The fourth-order valence-electron chi connectivity index (χ4n) is 2.40. The molecule has 1 unspecified atom stereocenters. The van der Waals surface area contributed by atoms with Crippen LogP contribution in [0.25, 0.3) is 0 Å². The zero-order valence-electron chi connectivity index (χ0n) is 10.6. The van der Waals surface area contributed by atoms with Gasteiger partial charge < -0.3 is 11.1 Å².